The molecule has 0 aliphatic carbocycles. The van der Waals surface area contributed by atoms with E-state index in [1.165, 1.54) is 37.1 Å². The normalized spacial score (nSPS) is 18.8. The minimum atomic E-state index is 0.00708. The van der Waals surface area contributed by atoms with Crippen molar-refractivity contribution in [3.8, 4) is 0 Å². The smallest absolute Gasteiger partial charge is 0.251 e. The molecule has 0 radical (unpaired) electrons. The van der Waals surface area contributed by atoms with Crippen LogP contribution >= 0.6 is 0 Å². The number of piperidine rings is 1. The van der Waals surface area contributed by atoms with E-state index >= 15 is 0 Å². The zero-order valence-corrected chi connectivity index (χ0v) is 17.5. The van der Waals surface area contributed by atoms with Gasteiger partial charge >= 0.3 is 0 Å². The Balaban J connectivity index is 1.62. The number of likely N-dealkylation sites (tertiary alicyclic amines) is 1. The fraction of sp³-hybridized carbons (Fsp3) is 0.480. The summed E-state index contributed by atoms with van der Waals surface area (Å²) < 4.78 is 0. The summed E-state index contributed by atoms with van der Waals surface area (Å²) in [6.45, 7) is 10.1. The van der Waals surface area contributed by atoms with Gasteiger partial charge in [0.05, 0.1) is 6.04 Å². The topological polar surface area (TPSA) is 32.3 Å². The second kappa shape index (κ2) is 9.88. The molecule has 1 fully saturated rings. The number of nitrogens with one attached hydrogen (secondary N) is 1. The van der Waals surface area contributed by atoms with E-state index in [0.29, 0.717) is 5.92 Å². The first-order chi connectivity index (χ1) is 13.5. The van der Waals surface area contributed by atoms with Crippen molar-refractivity contribution >= 4 is 5.91 Å². The molecule has 1 aliphatic rings. The zero-order chi connectivity index (χ0) is 19.9. The SMILES string of the molecule is CC(C)C[C@@H](NC(=O)c1ccc(CN2CCC[C@@H](C)C2)cc1)c1ccccc1. The molecule has 2 aromatic carbocycles. The van der Waals surface area contributed by atoms with Crippen molar-refractivity contribution in [3.63, 3.8) is 0 Å². The second-order valence-corrected chi connectivity index (χ2v) is 8.75. The van der Waals surface area contributed by atoms with E-state index in [1.54, 1.807) is 0 Å². The van der Waals surface area contributed by atoms with Crippen LogP contribution in [0.3, 0.4) is 0 Å². The van der Waals surface area contributed by atoms with Crippen LogP contribution in [0.15, 0.2) is 54.6 Å². The first kappa shape index (κ1) is 20.6. The van der Waals surface area contributed by atoms with E-state index in [2.05, 4.69) is 55.3 Å². The van der Waals surface area contributed by atoms with Gasteiger partial charge in [-0.15, -0.1) is 0 Å². The maximum absolute atomic E-state index is 12.8. The van der Waals surface area contributed by atoms with Gasteiger partial charge in [-0.25, -0.2) is 0 Å². The van der Waals surface area contributed by atoms with Crippen LogP contribution in [-0.4, -0.2) is 23.9 Å². The highest BCUT2D eigenvalue weighted by molar-refractivity contribution is 5.94. The molecule has 3 rings (SSSR count). The minimum absolute atomic E-state index is 0.00708. The van der Waals surface area contributed by atoms with Crippen molar-refractivity contribution in [1.29, 1.82) is 0 Å². The van der Waals surface area contributed by atoms with Crippen LogP contribution in [0.1, 0.15) is 67.6 Å². The third-order valence-electron chi connectivity index (χ3n) is 5.58. The number of benzene rings is 2. The van der Waals surface area contributed by atoms with Gasteiger partial charge in [-0.2, -0.15) is 0 Å². The summed E-state index contributed by atoms with van der Waals surface area (Å²) in [6, 6.07) is 18.5. The molecule has 1 saturated heterocycles. The predicted octanol–water partition coefficient (Wildman–Crippen LogP) is 5.44. The Labute approximate surface area is 170 Å². The molecule has 0 saturated carbocycles. The van der Waals surface area contributed by atoms with Crippen LogP contribution in [0, 0.1) is 11.8 Å². The average Bonchev–Trinajstić information content (AvgIpc) is 2.68. The highest BCUT2D eigenvalue weighted by Gasteiger charge is 2.18. The Bertz CT molecular complexity index is 739. The van der Waals surface area contributed by atoms with Crippen molar-refractivity contribution < 1.29 is 4.79 Å². The standard InChI is InChI=1S/C25H34N2O/c1-19(2)16-24(22-9-5-4-6-10-22)26-25(28)23-13-11-21(12-14-23)18-27-15-7-8-20(3)17-27/h4-6,9-14,19-20,24H,7-8,15-18H2,1-3H3,(H,26,28)/t20-,24-/m1/s1. The lowest BCUT2D eigenvalue weighted by Crippen LogP contribution is -2.33. The summed E-state index contributed by atoms with van der Waals surface area (Å²) >= 11 is 0. The van der Waals surface area contributed by atoms with Gasteiger partial charge in [0.15, 0.2) is 0 Å². The molecule has 1 aliphatic heterocycles. The van der Waals surface area contributed by atoms with Crippen LogP contribution < -0.4 is 5.32 Å². The van der Waals surface area contributed by atoms with Gasteiger partial charge in [-0.1, -0.05) is 63.2 Å². The average molecular weight is 379 g/mol. The largest absolute Gasteiger partial charge is 0.345 e. The predicted molar refractivity (Wildman–Crippen MR) is 116 cm³/mol. The highest BCUT2D eigenvalue weighted by atomic mass is 16.1. The Hall–Kier alpha value is -2.13. The van der Waals surface area contributed by atoms with Crippen LogP contribution in [0.4, 0.5) is 0 Å². The van der Waals surface area contributed by atoms with Crippen LogP contribution in [0.2, 0.25) is 0 Å². The molecule has 0 unspecified atom stereocenters. The van der Waals surface area contributed by atoms with Gasteiger partial charge < -0.3 is 5.32 Å². The molecule has 1 amide bonds. The summed E-state index contributed by atoms with van der Waals surface area (Å²) in [6.07, 6.45) is 3.56. The Morgan fingerprint density at radius 2 is 1.82 bits per heavy atom. The number of hydrogen-bond acceptors (Lipinski definition) is 2. The summed E-state index contributed by atoms with van der Waals surface area (Å²) in [7, 11) is 0. The van der Waals surface area contributed by atoms with E-state index in [1.807, 2.05) is 30.3 Å². The molecule has 2 atom stereocenters. The third kappa shape index (κ3) is 5.93. The van der Waals surface area contributed by atoms with Crippen molar-refractivity contribution in [2.75, 3.05) is 13.1 Å². The first-order valence-electron chi connectivity index (χ1n) is 10.7. The third-order valence-corrected chi connectivity index (χ3v) is 5.58. The van der Waals surface area contributed by atoms with Crippen molar-refractivity contribution in [3.05, 3.63) is 71.3 Å². The van der Waals surface area contributed by atoms with Gasteiger partial charge in [0.25, 0.3) is 5.91 Å². The van der Waals surface area contributed by atoms with Gasteiger partial charge in [0.1, 0.15) is 0 Å². The van der Waals surface area contributed by atoms with Crippen molar-refractivity contribution in [2.24, 2.45) is 11.8 Å². The summed E-state index contributed by atoms with van der Waals surface area (Å²) in [4.78, 5) is 15.4. The number of carbonyl (C=O) groups is 1. The summed E-state index contributed by atoms with van der Waals surface area (Å²) in [5, 5.41) is 3.24. The molecule has 150 valence electrons. The second-order valence-electron chi connectivity index (χ2n) is 8.75. The van der Waals surface area contributed by atoms with Crippen LogP contribution in [0.25, 0.3) is 0 Å². The molecule has 0 aromatic heterocycles. The molecule has 0 spiro atoms. The van der Waals surface area contributed by atoms with Crippen LogP contribution in [-0.2, 0) is 6.54 Å². The van der Waals surface area contributed by atoms with Gasteiger partial charge in [0, 0.05) is 18.7 Å². The van der Waals surface area contributed by atoms with Gasteiger partial charge in [-0.3, -0.25) is 9.69 Å². The van der Waals surface area contributed by atoms with Crippen molar-refractivity contribution in [1.82, 2.24) is 10.2 Å². The number of hydrogen-bond donors (Lipinski definition) is 1. The Morgan fingerprint density at radius 3 is 2.46 bits per heavy atom. The van der Waals surface area contributed by atoms with Crippen molar-refractivity contribution in [2.45, 2.75) is 52.6 Å². The Morgan fingerprint density at radius 1 is 1.11 bits per heavy atom. The quantitative estimate of drug-likeness (QED) is 0.696. The maximum Gasteiger partial charge on any atom is 0.251 e. The fourth-order valence-corrected chi connectivity index (χ4v) is 4.13. The number of carbonyl (C=O) groups excluding carboxylic acids is 1. The van der Waals surface area contributed by atoms with Crippen LogP contribution in [0.5, 0.6) is 0 Å². The van der Waals surface area contributed by atoms with E-state index in [0.717, 1.165) is 24.4 Å². The molecule has 3 heteroatoms. The molecule has 2 aromatic rings. The molecule has 28 heavy (non-hydrogen) atoms. The highest BCUT2D eigenvalue weighted by Crippen LogP contribution is 2.22. The monoisotopic (exact) mass is 378 g/mol. The molecular formula is C25H34N2O. The lowest BCUT2D eigenvalue weighted by Gasteiger charge is -2.30. The molecule has 1 heterocycles. The molecule has 3 nitrogen and oxygen atoms in total. The molecular weight excluding hydrogens is 344 g/mol. The lowest BCUT2D eigenvalue weighted by atomic mass is 9.96. The Kier molecular flexibility index (Phi) is 7.27. The fourth-order valence-electron chi connectivity index (χ4n) is 4.13. The van der Waals surface area contributed by atoms with E-state index in [9.17, 15) is 4.79 Å². The van der Waals surface area contributed by atoms with E-state index in [4.69, 9.17) is 0 Å². The van der Waals surface area contributed by atoms with Gasteiger partial charge in [0.2, 0.25) is 0 Å². The minimum Gasteiger partial charge on any atom is -0.345 e. The first-order valence-corrected chi connectivity index (χ1v) is 10.7. The number of amides is 1. The van der Waals surface area contributed by atoms with E-state index in [-0.39, 0.29) is 11.9 Å². The number of rotatable bonds is 7. The maximum atomic E-state index is 12.8. The summed E-state index contributed by atoms with van der Waals surface area (Å²) in [5.74, 6) is 1.31. The van der Waals surface area contributed by atoms with Gasteiger partial charge in [-0.05, 0) is 60.9 Å². The molecule has 0 bridgehead atoms. The lowest BCUT2D eigenvalue weighted by molar-refractivity contribution is 0.0932. The van der Waals surface area contributed by atoms with E-state index < -0.39 is 0 Å². The molecule has 1 N–H and O–H groups in total. The zero-order valence-electron chi connectivity index (χ0n) is 17.5. The number of nitrogens with zero attached hydrogens (tertiary/aromatic N) is 1. The summed E-state index contributed by atoms with van der Waals surface area (Å²) in [5.41, 5.74) is 3.19.